The van der Waals surface area contributed by atoms with Crippen LogP contribution in [-0.4, -0.2) is 24.3 Å². The van der Waals surface area contributed by atoms with Crippen LogP contribution < -0.4 is 15.4 Å². The number of nitrogens with one attached hydrogen (secondary N) is 2. The Kier molecular flexibility index (Phi) is 6.26. The van der Waals surface area contributed by atoms with Crippen LogP contribution in [0.2, 0.25) is 5.02 Å². The smallest absolute Gasteiger partial charge is 0.319 e. The summed E-state index contributed by atoms with van der Waals surface area (Å²) in [6.07, 6.45) is -0.871. The minimum atomic E-state index is -0.871. The quantitative estimate of drug-likeness (QED) is 0.756. The second-order valence-electron chi connectivity index (χ2n) is 4.83. The Morgan fingerprint density at radius 3 is 2.78 bits per heavy atom. The minimum absolute atomic E-state index is 0.0563. The normalized spacial score (nSPS) is 11.6. The number of aliphatic hydroxyl groups is 1. The lowest BCUT2D eigenvalue weighted by Crippen LogP contribution is -2.32. The zero-order valence-corrected chi connectivity index (χ0v) is 13.5. The maximum Gasteiger partial charge on any atom is 0.319 e. The van der Waals surface area contributed by atoms with Crippen molar-refractivity contribution < 1.29 is 14.6 Å². The van der Waals surface area contributed by atoms with E-state index in [1.54, 1.807) is 42.5 Å². The van der Waals surface area contributed by atoms with Crippen LogP contribution in [-0.2, 0) is 0 Å². The molecule has 0 fully saturated rings. The van der Waals surface area contributed by atoms with E-state index in [9.17, 15) is 9.90 Å². The Morgan fingerprint density at radius 2 is 2.04 bits per heavy atom. The standard InChI is InChI=1S/C17H19ClN2O3/c1-2-23-13-7-5-6-12(10-13)20-17(22)19-11-16(21)14-8-3-4-9-15(14)18/h3-10,16,21H,2,11H2,1H3,(H2,19,20,22). The SMILES string of the molecule is CCOc1cccc(NC(=O)NCC(O)c2ccccc2Cl)c1. The summed E-state index contributed by atoms with van der Waals surface area (Å²) in [7, 11) is 0. The number of hydrogen-bond acceptors (Lipinski definition) is 3. The van der Waals surface area contributed by atoms with Gasteiger partial charge in [-0.1, -0.05) is 35.9 Å². The van der Waals surface area contributed by atoms with E-state index in [0.29, 0.717) is 28.6 Å². The van der Waals surface area contributed by atoms with Crippen molar-refractivity contribution >= 4 is 23.3 Å². The number of ether oxygens (including phenoxy) is 1. The van der Waals surface area contributed by atoms with Crippen molar-refractivity contribution in [2.45, 2.75) is 13.0 Å². The average Bonchev–Trinajstić information content (AvgIpc) is 2.54. The summed E-state index contributed by atoms with van der Waals surface area (Å²) >= 11 is 6.01. The minimum Gasteiger partial charge on any atom is -0.494 e. The van der Waals surface area contributed by atoms with Crippen LogP contribution in [0, 0.1) is 0 Å². The summed E-state index contributed by atoms with van der Waals surface area (Å²) in [5.74, 6) is 0.682. The average molecular weight is 335 g/mol. The van der Waals surface area contributed by atoms with Crippen LogP contribution in [0.5, 0.6) is 5.75 Å². The van der Waals surface area contributed by atoms with Gasteiger partial charge in [-0.15, -0.1) is 0 Å². The van der Waals surface area contributed by atoms with Crippen molar-refractivity contribution in [1.82, 2.24) is 5.32 Å². The number of anilines is 1. The van der Waals surface area contributed by atoms with Gasteiger partial charge < -0.3 is 20.5 Å². The molecule has 2 amide bonds. The number of amides is 2. The molecule has 2 aromatic rings. The largest absolute Gasteiger partial charge is 0.494 e. The summed E-state index contributed by atoms with van der Waals surface area (Å²) in [6.45, 7) is 2.50. The maximum absolute atomic E-state index is 11.9. The predicted molar refractivity (Wildman–Crippen MR) is 91.0 cm³/mol. The number of carbonyl (C=O) groups excluding carboxylic acids is 1. The van der Waals surface area contributed by atoms with Crippen LogP contribution in [0.1, 0.15) is 18.6 Å². The van der Waals surface area contributed by atoms with Crippen LogP contribution in [0.3, 0.4) is 0 Å². The third-order valence-electron chi connectivity index (χ3n) is 3.12. The molecule has 0 spiro atoms. The van der Waals surface area contributed by atoms with Gasteiger partial charge in [-0.2, -0.15) is 0 Å². The van der Waals surface area contributed by atoms with Gasteiger partial charge in [-0.25, -0.2) is 4.79 Å². The molecule has 3 N–H and O–H groups in total. The number of benzene rings is 2. The second-order valence-corrected chi connectivity index (χ2v) is 5.24. The number of carbonyl (C=O) groups is 1. The van der Waals surface area contributed by atoms with Gasteiger partial charge in [0, 0.05) is 28.9 Å². The highest BCUT2D eigenvalue weighted by Crippen LogP contribution is 2.22. The molecule has 0 heterocycles. The van der Waals surface area contributed by atoms with Crippen molar-refractivity contribution in [1.29, 1.82) is 0 Å². The van der Waals surface area contributed by atoms with Crippen molar-refractivity contribution in [3.05, 3.63) is 59.1 Å². The topological polar surface area (TPSA) is 70.6 Å². The van der Waals surface area contributed by atoms with Gasteiger partial charge in [0.05, 0.1) is 12.7 Å². The number of urea groups is 1. The van der Waals surface area contributed by atoms with E-state index in [0.717, 1.165) is 0 Å². The van der Waals surface area contributed by atoms with Gasteiger partial charge in [0.2, 0.25) is 0 Å². The van der Waals surface area contributed by atoms with E-state index in [-0.39, 0.29) is 6.54 Å². The van der Waals surface area contributed by atoms with Gasteiger partial charge in [0.15, 0.2) is 0 Å². The lowest BCUT2D eigenvalue weighted by Gasteiger charge is -2.14. The van der Waals surface area contributed by atoms with Gasteiger partial charge in [0.25, 0.3) is 0 Å². The van der Waals surface area contributed by atoms with Crippen LogP contribution in [0.25, 0.3) is 0 Å². The fourth-order valence-electron chi connectivity index (χ4n) is 2.05. The fourth-order valence-corrected chi connectivity index (χ4v) is 2.31. The van der Waals surface area contributed by atoms with Crippen molar-refractivity contribution in [2.75, 3.05) is 18.5 Å². The fraction of sp³-hybridized carbons (Fsp3) is 0.235. The van der Waals surface area contributed by atoms with Crippen LogP contribution >= 0.6 is 11.6 Å². The molecule has 6 heteroatoms. The third kappa shape index (κ3) is 5.16. The Labute approximate surface area is 140 Å². The zero-order chi connectivity index (χ0) is 16.7. The lowest BCUT2D eigenvalue weighted by atomic mass is 10.1. The molecule has 0 saturated carbocycles. The highest BCUT2D eigenvalue weighted by atomic mass is 35.5. The third-order valence-corrected chi connectivity index (χ3v) is 3.47. The lowest BCUT2D eigenvalue weighted by molar-refractivity contribution is 0.175. The van der Waals surface area contributed by atoms with E-state index >= 15 is 0 Å². The molecular weight excluding hydrogens is 316 g/mol. The molecule has 0 radical (unpaired) electrons. The number of halogens is 1. The number of aliphatic hydroxyl groups excluding tert-OH is 1. The summed E-state index contributed by atoms with van der Waals surface area (Å²) < 4.78 is 5.37. The molecule has 1 atom stereocenters. The Morgan fingerprint density at radius 1 is 1.26 bits per heavy atom. The van der Waals surface area contributed by atoms with Crippen molar-refractivity contribution in [2.24, 2.45) is 0 Å². The Hall–Kier alpha value is -2.24. The first-order chi connectivity index (χ1) is 11.1. The van der Waals surface area contributed by atoms with E-state index in [2.05, 4.69) is 10.6 Å². The summed E-state index contributed by atoms with van der Waals surface area (Å²) in [4.78, 5) is 11.9. The predicted octanol–water partition coefficient (Wildman–Crippen LogP) is 3.59. The molecule has 23 heavy (non-hydrogen) atoms. The Bertz CT molecular complexity index is 664. The van der Waals surface area contributed by atoms with E-state index in [1.165, 1.54) is 0 Å². The first-order valence-electron chi connectivity index (χ1n) is 7.30. The molecule has 0 saturated heterocycles. The molecule has 0 aliphatic carbocycles. The van der Waals surface area contributed by atoms with E-state index in [4.69, 9.17) is 16.3 Å². The number of rotatable bonds is 6. The van der Waals surface area contributed by atoms with Crippen molar-refractivity contribution in [3.63, 3.8) is 0 Å². The molecule has 5 nitrogen and oxygen atoms in total. The van der Waals surface area contributed by atoms with Gasteiger partial charge in [-0.3, -0.25) is 0 Å². The molecular formula is C17H19ClN2O3. The monoisotopic (exact) mass is 334 g/mol. The summed E-state index contributed by atoms with van der Waals surface area (Å²) in [6, 6.07) is 13.7. The molecule has 0 aliphatic rings. The van der Waals surface area contributed by atoms with Gasteiger partial charge in [0.1, 0.15) is 5.75 Å². The van der Waals surface area contributed by atoms with Crippen LogP contribution in [0.15, 0.2) is 48.5 Å². The van der Waals surface area contributed by atoms with Gasteiger partial charge in [-0.05, 0) is 25.1 Å². The van der Waals surface area contributed by atoms with E-state index in [1.807, 2.05) is 13.0 Å². The number of hydrogen-bond donors (Lipinski definition) is 3. The Balaban J connectivity index is 1.88. The molecule has 122 valence electrons. The zero-order valence-electron chi connectivity index (χ0n) is 12.8. The maximum atomic E-state index is 11.9. The second kappa shape index (κ2) is 8.41. The summed E-state index contributed by atoms with van der Waals surface area (Å²) in [5, 5.41) is 15.8. The first kappa shape index (κ1) is 17.1. The molecule has 1 unspecified atom stereocenters. The molecule has 2 aromatic carbocycles. The molecule has 2 rings (SSSR count). The highest BCUT2D eigenvalue weighted by molar-refractivity contribution is 6.31. The van der Waals surface area contributed by atoms with Crippen molar-refractivity contribution in [3.8, 4) is 5.75 Å². The van der Waals surface area contributed by atoms with E-state index < -0.39 is 12.1 Å². The van der Waals surface area contributed by atoms with Crippen LogP contribution in [0.4, 0.5) is 10.5 Å². The highest BCUT2D eigenvalue weighted by Gasteiger charge is 2.12. The molecule has 0 aromatic heterocycles. The summed E-state index contributed by atoms with van der Waals surface area (Å²) in [5.41, 5.74) is 1.19. The molecule has 0 aliphatic heterocycles. The molecule has 0 bridgehead atoms. The van der Waals surface area contributed by atoms with Gasteiger partial charge >= 0.3 is 6.03 Å². The first-order valence-corrected chi connectivity index (χ1v) is 7.68.